The van der Waals surface area contributed by atoms with Crippen LogP contribution in [-0.2, 0) is 9.53 Å². The SMILES string of the molecule is CCOC(=O)C1CCCN(c2cc([N+](=O)[O-])c(C)cn2)C1. The van der Waals surface area contributed by atoms with Gasteiger partial charge in [-0.05, 0) is 26.7 Å². The van der Waals surface area contributed by atoms with Crippen LogP contribution in [0.15, 0.2) is 12.3 Å². The number of esters is 1. The van der Waals surface area contributed by atoms with Crippen molar-refractivity contribution in [2.45, 2.75) is 26.7 Å². The second kappa shape index (κ2) is 6.51. The lowest BCUT2D eigenvalue weighted by atomic mass is 9.98. The van der Waals surface area contributed by atoms with Gasteiger partial charge < -0.3 is 9.64 Å². The Balaban J connectivity index is 2.16. The summed E-state index contributed by atoms with van der Waals surface area (Å²) < 4.78 is 5.05. The van der Waals surface area contributed by atoms with E-state index in [0.29, 0.717) is 24.5 Å². The number of aromatic nitrogens is 1. The number of anilines is 1. The van der Waals surface area contributed by atoms with Crippen molar-refractivity contribution in [1.29, 1.82) is 0 Å². The van der Waals surface area contributed by atoms with Crippen molar-refractivity contribution < 1.29 is 14.5 Å². The van der Waals surface area contributed by atoms with Gasteiger partial charge in [-0.25, -0.2) is 4.98 Å². The summed E-state index contributed by atoms with van der Waals surface area (Å²) >= 11 is 0. The van der Waals surface area contributed by atoms with E-state index >= 15 is 0 Å². The van der Waals surface area contributed by atoms with Gasteiger partial charge in [0.25, 0.3) is 5.69 Å². The fraction of sp³-hybridized carbons (Fsp3) is 0.571. The summed E-state index contributed by atoms with van der Waals surface area (Å²) in [6.45, 7) is 5.04. The summed E-state index contributed by atoms with van der Waals surface area (Å²) in [6.07, 6.45) is 3.12. The molecule has 114 valence electrons. The molecule has 2 heterocycles. The van der Waals surface area contributed by atoms with Gasteiger partial charge in [0.05, 0.1) is 23.5 Å². The quantitative estimate of drug-likeness (QED) is 0.480. The van der Waals surface area contributed by atoms with E-state index in [1.54, 1.807) is 13.8 Å². The highest BCUT2D eigenvalue weighted by Gasteiger charge is 2.28. The molecule has 1 unspecified atom stereocenters. The molecule has 7 heteroatoms. The highest BCUT2D eigenvalue weighted by atomic mass is 16.6. The van der Waals surface area contributed by atoms with Crippen molar-refractivity contribution in [2.24, 2.45) is 5.92 Å². The molecule has 1 aromatic rings. The van der Waals surface area contributed by atoms with E-state index in [-0.39, 0.29) is 17.6 Å². The number of nitro groups is 1. The largest absolute Gasteiger partial charge is 0.466 e. The van der Waals surface area contributed by atoms with Gasteiger partial charge in [-0.2, -0.15) is 0 Å². The first-order chi connectivity index (χ1) is 10.0. The predicted molar refractivity (Wildman–Crippen MR) is 77.2 cm³/mol. The lowest BCUT2D eigenvalue weighted by Crippen LogP contribution is -2.39. The number of hydrogen-bond donors (Lipinski definition) is 0. The third kappa shape index (κ3) is 3.48. The summed E-state index contributed by atoms with van der Waals surface area (Å²) in [7, 11) is 0. The van der Waals surface area contributed by atoms with Gasteiger partial charge in [-0.3, -0.25) is 14.9 Å². The molecule has 7 nitrogen and oxygen atoms in total. The summed E-state index contributed by atoms with van der Waals surface area (Å²) in [5.41, 5.74) is 0.584. The van der Waals surface area contributed by atoms with Crippen LogP contribution < -0.4 is 4.90 Å². The van der Waals surface area contributed by atoms with Crippen molar-refractivity contribution in [3.63, 3.8) is 0 Å². The Labute approximate surface area is 123 Å². The molecule has 0 aromatic carbocycles. The lowest BCUT2D eigenvalue weighted by molar-refractivity contribution is -0.385. The number of aryl methyl sites for hydroxylation is 1. The van der Waals surface area contributed by atoms with E-state index in [1.165, 1.54) is 12.3 Å². The van der Waals surface area contributed by atoms with Crippen LogP contribution in [0.3, 0.4) is 0 Å². The minimum atomic E-state index is -0.409. The topological polar surface area (TPSA) is 85.6 Å². The van der Waals surface area contributed by atoms with Crippen molar-refractivity contribution in [3.8, 4) is 0 Å². The first kappa shape index (κ1) is 15.2. The summed E-state index contributed by atoms with van der Waals surface area (Å²) in [5.74, 6) is 0.144. The molecule has 21 heavy (non-hydrogen) atoms. The van der Waals surface area contributed by atoms with Crippen LogP contribution in [-0.4, -0.2) is 35.6 Å². The molecule has 2 rings (SSSR count). The molecule has 1 atom stereocenters. The van der Waals surface area contributed by atoms with Gasteiger partial charge in [-0.15, -0.1) is 0 Å². The van der Waals surface area contributed by atoms with E-state index in [9.17, 15) is 14.9 Å². The fourth-order valence-electron chi connectivity index (χ4n) is 2.51. The molecule has 1 aliphatic heterocycles. The Morgan fingerprint density at radius 1 is 1.62 bits per heavy atom. The van der Waals surface area contributed by atoms with Crippen LogP contribution in [0.2, 0.25) is 0 Å². The maximum atomic E-state index is 11.8. The van der Waals surface area contributed by atoms with Gasteiger partial charge in [0.15, 0.2) is 0 Å². The van der Waals surface area contributed by atoms with Crippen LogP contribution >= 0.6 is 0 Å². The van der Waals surface area contributed by atoms with E-state index in [1.807, 2.05) is 4.90 Å². The molecule has 0 spiro atoms. The first-order valence-electron chi connectivity index (χ1n) is 7.05. The molecule has 0 saturated carbocycles. The second-order valence-electron chi connectivity index (χ2n) is 5.12. The second-order valence-corrected chi connectivity index (χ2v) is 5.12. The lowest BCUT2D eigenvalue weighted by Gasteiger charge is -2.32. The molecule has 0 N–H and O–H groups in total. The molecule has 1 saturated heterocycles. The average Bonchev–Trinajstić information content (AvgIpc) is 2.48. The van der Waals surface area contributed by atoms with Gasteiger partial charge in [0.2, 0.25) is 0 Å². The number of pyridine rings is 1. The normalized spacial score (nSPS) is 18.4. The van der Waals surface area contributed by atoms with E-state index in [4.69, 9.17) is 4.74 Å². The van der Waals surface area contributed by atoms with Crippen molar-refractivity contribution >= 4 is 17.5 Å². The maximum Gasteiger partial charge on any atom is 0.310 e. The molecule has 0 aliphatic carbocycles. The van der Waals surface area contributed by atoms with Gasteiger partial charge >= 0.3 is 5.97 Å². The number of ether oxygens (including phenoxy) is 1. The molecule has 1 fully saturated rings. The molecule has 1 aromatic heterocycles. The number of rotatable bonds is 4. The molecular weight excluding hydrogens is 274 g/mol. The first-order valence-corrected chi connectivity index (χ1v) is 7.05. The van der Waals surface area contributed by atoms with Crippen LogP contribution in [0.1, 0.15) is 25.3 Å². The smallest absolute Gasteiger partial charge is 0.310 e. The van der Waals surface area contributed by atoms with E-state index in [2.05, 4.69) is 4.98 Å². The third-order valence-electron chi connectivity index (χ3n) is 3.62. The van der Waals surface area contributed by atoms with Crippen LogP contribution in [0.5, 0.6) is 0 Å². The van der Waals surface area contributed by atoms with Crippen LogP contribution in [0.25, 0.3) is 0 Å². The summed E-state index contributed by atoms with van der Waals surface area (Å²) in [6, 6.07) is 1.48. The third-order valence-corrected chi connectivity index (χ3v) is 3.62. The Bertz CT molecular complexity index is 547. The van der Waals surface area contributed by atoms with Gasteiger partial charge in [-0.1, -0.05) is 0 Å². The van der Waals surface area contributed by atoms with Crippen molar-refractivity contribution in [3.05, 3.63) is 27.9 Å². The summed E-state index contributed by atoms with van der Waals surface area (Å²) in [5, 5.41) is 11.0. The Morgan fingerprint density at radius 3 is 3.05 bits per heavy atom. The highest BCUT2D eigenvalue weighted by molar-refractivity contribution is 5.73. The minimum Gasteiger partial charge on any atom is -0.466 e. The molecule has 1 aliphatic rings. The minimum absolute atomic E-state index is 0.0539. The number of carbonyl (C=O) groups excluding carboxylic acids is 1. The number of nitrogens with zero attached hydrogens (tertiary/aromatic N) is 3. The fourth-order valence-corrected chi connectivity index (χ4v) is 2.51. The molecular formula is C14H19N3O4. The van der Waals surface area contributed by atoms with Crippen molar-refractivity contribution in [1.82, 2.24) is 4.98 Å². The molecule has 0 bridgehead atoms. The molecule has 0 radical (unpaired) electrons. The highest BCUT2D eigenvalue weighted by Crippen LogP contribution is 2.26. The Morgan fingerprint density at radius 2 is 2.38 bits per heavy atom. The van der Waals surface area contributed by atoms with Gasteiger partial charge in [0, 0.05) is 24.8 Å². The van der Waals surface area contributed by atoms with E-state index < -0.39 is 4.92 Å². The number of piperidine rings is 1. The zero-order valence-electron chi connectivity index (χ0n) is 12.2. The Hall–Kier alpha value is -2.18. The van der Waals surface area contributed by atoms with E-state index in [0.717, 1.165) is 19.4 Å². The number of carbonyl (C=O) groups is 1. The molecule has 0 amide bonds. The van der Waals surface area contributed by atoms with Crippen LogP contribution in [0.4, 0.5) is 11.5 Å². The Kier molecular flexibility index (Phi) is 4.72. The zero-order valence-corrected chi connectivity index (χ0v) is 12.2. The van der Waals surface area contributed by atoms with Crippen LogP contribution in [0, 0.1) is 23.0 Å². The standard InChI is InChI=1S/C14H19N3O4/c1-3-21-14(18)11-5-4-6-16(9-11)13-7-12(17(19)20)10(2)8-15-13/h7-8,11H,3-6,9H2,1-2H3. The summed E-state index contributed by atoms with van der Waals surface area (Å²) in [4.78, 5) is 28.6. The zero-order chi connectivity index (χ0) is 15.4. The predicted octanol–water partition coefficient (Wildman–Crippen LogP) is 2.08. The monoisotopic (exact) mass is 293 g/mol. The van der Waals surface area contributed by atoms with Gasteiger partial charge in [0.1, 0.15) is 5.82 Å². The maximum absolute atomic E-state index is 11.8. The number of hydrogen-bond acceptors (Lipinski definition) is 6. The average molecular weight is 293 g/mol. The van der Waals surface area contributed by atoms with Crippen molar-refractivity contribution in [2.75, 3.05) is 24.6 Å².